The quantitative estimate of drug-likeness (QED) is 0.701. The van der Waals surface area contributed by atoms with Gasteiger partial charge < -0.3 is 10.4 Å². The molecule has 17 heavy (non-hydrogen) atoms. The number of carboxylic acid groups (broad SMARTS) is 1. The largest absolute Gasteiger partial charge is 0.480 e. The van der Waals surface area contributed by atoms with Crippen molar-refractivity contribution in [2.24, 2.45) is 11.8 Å². The second-order valence-corrected chi connectivity index (χ2v) is 5.66. The van der Waals surface area contributed by atoms with Crippen molar-refractivity contribution in [3.05, 3.63) is 0 Å². The SMILES string of the molecule is CCN(CC(=O)O)C1CC(NCC2CC2C)C1. The molecule has 2 N–H and O–H groups in total. The molecule has 2 fully saturated rings. The second-order valence-electron chi connectivity index (χ2n) is 5.66. The van der Waals surface area contributed by atoms with Crippen LogP contribution in [0.4, 0.5) is 0 Å². The fourth-order valence-corrected chi connectivity index (χ4v) is 2.73. The lowest BCUT2D eigenvalue weighted by Crippen LogP contribution is -2.54. The Morgan fingerprint density at radius 3 is 2.53 bits per heavy atom. The first-order chi connectivity index (χ1) is 8.10. The Balaban J connectivity index is 1.61. The van der Waals surface area contributed by atoms with Gasteiger partial charge in [-0.05, 0) is 44.2 Å². The molecule has 0 aromatic rings. The van der Waals surface area contributed by atoms with E-state index in [4.69, 9.17) is 5.11 Å². The predicted octanol–water partition coefficient (Wildman–Crippen LogP) is 1.17. The summed E-state index contributed by atoms with van der Waals surface area (Å²) in [5, 5.41) is 12.4. The number of likely N-dealkylation sites (N-methyl/N-ethyl adjacent to an activating group) is 1. The number of nitrogens with one attached hydrogen (secondary N) is 1. The zero-order valence-corrected chi connectivity index (χ0v) is 10.9. The van der Waals surface area contributed by atoms with Gasteiger partial charge in [0.15, 0.2) is 0 Å². The molecule has 0 heterocycles. The maximum atomic E-state index is 10.7. The molecule has 0 aromatic heterocycles. The van der Waals surface area contributed by atoms with Crippen molar-refractivity contribution in [3.8, 4) is 0 Å². The molecule has 0 aliphatic heterocycles. The van der Waals surface area contributed by atoms with Crippen LogP contribution < -0.4 is 5.32 Å². The van der Waals surface area contributed by atoms with E-state index in [1.165, 1.54) is 6.42 Å². The first-order valence-electron chi connectivity index (χ1n) is 6.79. The van der Waals surface area contributed by atoms with Crippen molar-refractivity contribution in [1.29, 1.82) is 0 Å². The molecule has 2 rings (SSSR count). The van der Waals surface area contributed by atoms with Crippen molar-refractivity contribution in [1.82, 2.24) is 10.2 Å². The number of nitrogens with zero attached hydrogens (tertiary/aromatic N) is 1. The molecule has 2 aliphatic carbocycles. The Kier molecular flexibility index (Phi) is 4.05. The molecule has 98 valence electrons. The number of carboxylic acids is 1. The van der Waals surface area contributed by atoms with Gasteiger partial charge in [-0.25, -0.2) is 0 Å². The summed E-state index contributed by atoms with van der Waals surface area (Å²) in [6.07, 6.45) is 3.60. The standard InChI is InChI=1S/C13H24N2O2/c1-3-15(8-13(16)17)12-5-11(6-12)14-7-10-4-9(10)2/h9-12,14H,3-8H2,1-2H3,(H,16,17). The van der Waals surface area contributed by atoms with Crippen LogP contribution >= 0.6 is 0 Å². The molecule has 2 saturated carbocycles. The van der Waals surface area contributed by atoms with Gasteiger partial charge >= 0.3 is 5.97 Å². The minimum Gasteiger partial charge on any atom is -0.480 e. The Hall–Kier alpha value is -0.610. The molecule has 2 unspecified atom stereocenters. The van der Waals surface area contributed by atoms with E-state index in [-0.39, 0.29) is 6.54 Å². The molecule has 4 nitrogen and oxygen atoms in total. The maximum absolute atomic E-state index is 10.7. The van der Waals surface area contributed by atoms with Gasteiger partial charge in [-0.15, -0.1) is 0 Å². The van der Waals surface area contributed by atoms with Crippen molar-refractivity contribution in [3.63, 3.8) is 0 Å². The molecule has 0 spiro atoms. The third-order valence-electron chi connectivity index (χ3n) is 4.32. The second kappa shape index (κ2) is 5.36. The predicted molar refractivity (Wildman–Crippen MR) is 67.0 cm³/mol. The summed E-state index contributed by atoms with van der Waals surface area (Å²) in [7, 11) is 0. The zero-order chi connectivity index (χ0) is 12.4. The van der Waals surface area contributed by atoms with Gasteiger partial charge in [0.25, 0.3) is 0 Å². The van der Waals surface area contributed by atoms with Gasteiger partial charge in [0.05, 0.1) is 6.54 Å². The van der Waals surface area contributed by atoms with E-state index in [0.717, 1.165) is 37.8 Å². The average molecular weight is 240 g/mol. The molecule has 0 radical (unpaired) electrons. The summed E-state index contributed by atoms with van der Waals surface area (Å²) in [4.78, 5) is 12.8. The number of rotatable bonds is 7. The number of aliphatic carboxylic acids is 1. The van der Waals surface area contributed by atoms with E-state index in [2.05, 4.69) is 17.1 Å². The summed E-state index contributed by atoms with van der Waals surface area (Å²) in [6, 6.07) is 1.10. The van der Waals surface area contributed by atoms with Crippen LogP contribution in [0, 0.1) is 11.8 Å². The van der Waals surface area contributed by atoms with Crippen molar-refractivity contribution >= 4 is 5.97 Å². The molecule has 0 aromatic carbocycles. The van der Waals surface area contributed by atoms with E-state index in [1.807, 2.05) is 6.92 Å². The Labute approximate surface area is 103 Å². The Morgan fingerprint density at radius 2 is 2.06 bits per heavy atom. The summed E-state index contributed by atoms with van der Waals surface area (Å²) >= 11 is 0. The van der Waals surface area contributed by atoms with Gasteiger partial charge in [-0.3, -0.25) is 9.69 Å². The smallest absolute Gasteiger partial charge is 0.317 e. The first-order valence-corrected chi connectivity index (χ1v) is 6.79. The minimum atomic E-state index is -0.713. The molecule has 0 saturated heterocycles. The molecular formula is C13H24N2O2. The van der Waals surface area contributed by atoms with Gasteiger partial charge in [-0.1, -0.05) is 13.8 Å². The minimum absolute atomic E-state index is 0.188. The fraction of sp³-hybridized carbons (Fsp3) is 0.923. The monoisotopic (exact) mass is 240 g/mol. The van der Waals surface area contributed by atoms with E-state index in [9.17, 15) is 4.79 Å². The van der Waals surface area contributed by atoms with Gasteiger partial charge in [0.2, 0.25) is 0 Å². The maximum Gasteiger partial charge on any atom is 0.317 e. The third-order valence-corrected chi connectivity index (χ3v) is 4.32. The van der Waals surface area contributed by atoms with Gasteiger partial charge in [0.1, 0.15) is 0 Å². The van der Waals surface area contributed by atoms with Crippen LogP contribution in [0.15, 0.2) is 0 Å². The van der Waals surface area contributed by atoms with Gasteiger partial charge in [-0.2, -0.15) is 0 Å². The number of hydrogen-bond acceptors (Lipinski definition) is 3. The van der Waals surface area contributed by atoms with Crippen LogP contribution in [0.1, 0.15) is 33.1 Å². The highest BCUT2D eigenvalue weighted by Gasteiger charge is 2.36. The van der Waals surface area contributed by atoms with Crippen LogP contribution in [0.3, 0.4) is 0 Å². The number of carbonyl (C=O) groups is 1. The first kappa shape index (κ1) is 12.8. The topological polar surface area (TPSA) is 52.6 Å². The van der Waals surface area contributed by atoms with Crippen molar-refractivity contribution in [2.45, 2.75) is 45.2 Å². The van der Waals surface area contributed by atoms with E-state index in [1.54, 1.807) is 0 Å². The summed E-state index contributed by atoms with van der Waals surface area (Å²) in [5.74, 6) is 1.10. The average Bonchev–Trinajstić information content (AvgIpc) is 2.89. The highest BCUT2D eigenvalue weighted by molar-refractivity contribution is 5.69. The van der Waals surface area contributed by atoms with Crippen LogP contribution in [0.25, 0.3) is 0 Å². The summed E-state index contributed by atoms with van der Waals surface area (Å²) in [5.41, 5.74) is 0. The fourth-order valence-electron chi connectivity index (χ4n) is 2.73. The molecule has 4 heteroatoms. The van der Waals surface area contributed by atoms with E-state index < -0.39 is 5.97 Å². The Morgan fingerprint density at radius 1 is 1.41 bits per heavy atom. The van der Waals surface area contributed by atoms with Crippen molar-refractivity contribution < 1.29 is 9.90 Å². The highest BCUT2D eigenvalue weighted by atomic mass is 16.4. The molecule has 0 amide bonds. The summed E-state index contributed by atoms with van der Waals surface area (Å²) < 4.78 is 0. The van der Waals surface area contributed by atoms with Gasteiger partial charge in [0, 0.05) is 12.1 Å². The number of hydrogen-bond donors (Lipinski definition) is 2. The molecular weight excluding hydrogens is 216 g/mol. The van der Waals surface area contributed by atoms with Crippen LogP contribution in [-0.4, -0.2) is 47.7 Å². The summed E-state index contributed by atoms with van der Waals surface area (Å²) in [6.45, 7) is 6.53. The highest BCUT2D eigenvalue weighted by Crippen LogP contribution is 2.37. The van der Waals surface area contributed by atoms with Crippen LogP contribution in [0.2, 0.25) is 0 Å². The van der Waals surface area contributed by atoms with Crippen LogP contribution in [0.5, 0.6) is 0 Å². The molecule has 0 bridgehead atoms. The lowest BCUT2D eigenvalue weighted by Gasteiger charge is -2.42. The lowest BCUT2D eigenvalue weighted by atomic mass is 9.85. The van der Waals surface area contributed by atoms with Crippen LogP contribution in [-0.2, 0) is 4.79 Å². The van der Waals surface area contributed by atoms with E-state index >= 15 is 0 Å². The molecule has 2 aliphatic rings. The third kappa shape index (κ3) is 3.42. The lowest BCUT2D eigenvalue weighted by molar-refractivity contribution is -0.139. The molecule has 2 atom stereocenters. The normalized spacial score (nSPS) is 35.7. The van der Waals surface area contributed by atoms with Crippen molar-refractivity contribution in [2.75, 3.05) is 19.6 Å². The Bertz CT molecular complexity index is 277. The zero-order valence-electron chi connectivity index (χ0n) is 10.9. The van der Waals surface area contributed by atoms with E-state index in [0.29, 0.717) is 12.1 Å².